The number of nitrogens with one attached hydrogen (secondary N) is 1. The van der Waals surface area contributed by atoms with Gasteiger partial charge in [-0.3, -0.25) is 13.9 Å². The van der Waals surface area contributed by atoms with Gasteiger partial charge in [0.05, 0.1) is 12.1 Å². The van der Waals surface area contributed by atoms with Crippen LogP contribution in [0, 0.1) is 6.92 Å². The van der Waals surface area contributed by atoms with E-state index in [-0.39, 0.29) is 27.0 Å². The Balaban J connectivity index is 1.79. The van der Waals surface area contributed by atoms with Crippen LogP contribution in [0.1, 0.15) is 5.69 Å². The van der Waals surface area contributed by atoms with Gasteiger partial charge < -0.3 is 4.74 Å². The molecule has 0 aliphatic heterocycles. The van der Waals surface area contributed by atoms with Gasteiger partial charge in [-0.2, -0.15) is 0 Å². The number of aromatic nitrogens is 3. The number of hydrogen-bond donors (Lipinski definition) is 1. The number of nitrogens with zero attached hydrogens (tertiary/aromatic N) is 3. The van der Waals surface area contributed by atoms with Gasteiger partial charge in [-0.15, -0.1) is 0 Å². The zero-order chi connectivity index (χ0) is 22.2. The molecule has 1 aromatic carbocycles. The van der Waals surface area contributed by atoms with Gasteiger partial charge in [0.15, 0.2) is 0 Å². The maximum Gasteiger partial charge on any atom is 0.263 e. The number of aryl methyl sites for hydroxylation is 1. The highest BCUT2D eigenvalue weighted by Gasteiger charge is 2.20. The molecule has 4 rings (SSSR count). The topological polar surface area (TPSA) is 103 Å². The number of ether oxygens (including phenoxy) is 1. The molecule has 0 spiro atoms. The number of hydrogen-bond acceptors (Lipinski definition) is 6. The Bertz CT molecular complexity index is 1470. The minimum absolute atomic E-state index is 0.0668. The summed E-state index contributed by atoms with van der Waals surface area (Å²) in [5, 5.41) is 0.0924. The van der Waals surface area contributed by atoms with E-state index in [1.807, 2.05) is 0 Å². The first-order valence-electron chi connectivity index (χ1n) is 9.10. The molecule has 1 N–H and O–H groups in total. The van der Waals surface area contributed by atoms with Gasteiger partial charge in [-0.1, -0.05) is 23.7 Å². The molecule has 0 atom stereocenters. The highest BCUT2D eigenvalue weighted by molar-refractivity contribution is 7.92. The van der Waals surface area contributed by atoms with E-state index in [1.165, 1.54) is 35.9 Å². The summed E-state index contributed by atoms with van der Waals surface area (Å²) in [6.07, 6.45) is 3.15. The van der Waals surface area contributed by atoms with Crippen molar-refractivity contribution in [2.24, 2.45) is 0 Å². The molecule has 0 saturated carbocycles. The summed E-state index contributed by atoms with van der Waals surface area (Å²) in [6.45, 7) is 1.75. The third kappa shape index (κ3) is 4.10. The van der Waals surface area contributed by atoms with Crippen molar-refractivity contribution < 1.29 is 13.2 Å². The van der Waals surface area contributed by atoms with Gasteiger partial charge in [0.25, 0.3) is 15.6 Å². The predicted octanol–water partition coefficient (Wildman–Crippen LogP) is 3.53. The molecule has 4 aromatic rings. The van der Waals surface area contributed by atoms with E-state index in [0.717, 1.165) is 0 Å². The summed E-state index contributed by atoms with van der Waals surface area (Å²) >= 11 is 6.05. The SMILES string of the molecule is COc1ncc(-c2ccc3nc(C)cc(=O)n3c2)cc1NS(=O)(=O)c1ccccc1Cl. The molecule has 0 aliphatic carbocycles. The summed E-state index contributed by atoms with van der Waals surface area (Å²) in [5.74, 6) is 0.0922. The second kappa shape index (κ2) is 8.01. The lowest BCUT2D eigenvalue weighted by atomic mass is 10.1. The van der Waals surface area contributed by atoms with Gasteiger partial charge in [0, 0.05) is 35.3 Å². The van der Waals surface area contributed by atoms with Crippen molar-refractivity contribution in [3.8, 4) is 17.0 Å². The fourth-order valence-corrected chi connectivity index (χ4v) is 4.67. The van der Waals surface area contributed by atoms with Crippen molar-refractivity contribution in [1.29, 1.82) is 0 Å². The minimum Gasteiger partial charge on any atom is -0.480 e. The van der Waals surface area contributed by atoms with E-state index >= 15 is 0 Å². The Labute approximate surface area is 183 Å². The molecule has 0 radical (unpaired) electrons. The molecular formula is C21H17ClN4O4S. The van der Waals surface area contributed by atoms with Crippen LogP contribution in [0.15, 0.2) is 70.6 Å². The van der Waals surface area contributed by atoms with E-state index in [4.69, 9.17) is 16.3 Å². The second-order valence-electron chi connectivity index (χ2n) is 6.70. The third-order valence-electron chi connectivity index (χ3n) is 4.54. The van der Waals surface area contributed by atoms with E-state index in [2.05, 4.69) is 14.7 Å². The molecule has 31 heavy (non-hydrogen) atoms. The van der Waals surface area contributed by atoms with Gasteiger partial charge in [0.2, 0.25) is 5.88 Å². The standard InChI is InChI=1S/C21H17ClN4O4S/c1-13-9-20(27)26-12-14(7-8-19(26)24-13)15-10-17(21(30-2)23-11-15)25-31(28,29)18-6-4-3-5-16(18)22/h3-12,25H,1-2H3. The van der Waals surface area contributed by atoms with Crippen LogP contribution in [0.5, 0.6) is 5.88 Å². The molecule has 0 fully saturated rings. The van der Waals surface area contributed by atoms with Crippen LogP contribution in [0.2, 0.25) is 5.02 Å². The maximum absolute atomic E-state index is 12.9. The number of sulfonamides is 1. The predicted molar refractivity (Wildman–Crippen MR) is 118 cm³/mol. The van der Waals surface area contributed by atoms with Gasteiger partial charge in [0.1, 0.15) is 16.2 Å². The number of rotatable bonds is 5. The molecule has 0 unspecified atom stereocenters. The largest absolute Gasteiger partial charge is 0.480 e. The first-order chi connectivity index (χ1) is 14.8. The van der Waals surface area contributed by atoms with E-state index in [1.54, 1.807) is 43.5 Å². The molecule has 0 aliphatic rings. The maximum atomic E-state index is 12.9. The molecule has 3 heterocycles. The Morgan fingerprint density at radius 3 is 2.61 bits per heavy atom. The Hall–Kier alpha value is -3.43. The van der Waals surface area contributed by atoms with Crippen molar-refractivity contribution in [3.05, 3.63) is 82.0 Å². The summed E-state index contributed by atoms with van der Waals surface area (Å²) in [6, 6.07) is 12.6. The zero-order valence-corrected chi connectivity index (χ0v) is 18.1. The summed E-state index contributed by atoms with van der Waals surface area (Å²) in [4.78, 5) is 20.8. The van der Waals surface area contributed by atoms with Crippen molar-refractivity contribution in [2.45, 2.75) is 11.8 Å². The first kappa shape index (κ1) is 20.8. The van der Waals surface area contributed by atoms with Crippen LogP contribution in [0.3, 0.4) is 0 Å². The molecular weight excluding hydrogens is 440 g/mol. The molecule has 0 amide bonds. The first-order valence-corrected chi connectivity index (χ1v) is 11.0. The van der Waals surface area contributed by atoms with Crippen LogP contribution >= 0.6 is 11.6 Å². The number of fused-ring (bicyclic) bond motifs is 1. The minimum atomic E-state index is -3.99. The fourth-order valence-electron chi connectivity index (χ4n) is 3.10. The number of benzene rings is 1. The fraction of sp³-hybridized carbons (Fsp3) is 0.0952. The summed E-state index contributed by atoms with van der Waals surface area (Å²) < 4.78 is 34.8. The second-order valence-corrected chi connectivity index (χ2v) is 8.76. The highest BCUT2D eigenvalue weighted by atomic mass is 35.5. The normalized spacial score (nSPS) is 11.5. The van der Waals surface area contributed by atoms with E-state index in [0.29, 0.717) is 22.5 Å². The molecule has 0 saturated heterocycles. The average molecular weight is 457 g/mol. The van der Waals surface area contributed by atoms with E-state index < -0.39 is 10.0 Å². The summed E-state index contributed by atoms with van der Waals surface area (Å²) in [7, 11) is -2.60. The Morgan fingerprint density at radius 1 is 1.10 bits per heavy atom. The van der Waals surface area contributed by atoms with Crippen molar-refractivity contribution >= 4 is 33.0 Å². The third-order valence-corrected chi connectivity index (χ3v) is 6.40. The number of methoxy groups -OCH3 is 1. The average Bonchev–Trinajstić information content (AvgIpc) is 2.73. The van der Waals surface area contributed by atoms with Crippen LogP contribution in [0.25, 0.3) is 16.8 Å². The van der Waals surface area contributed by atoms with Crippen molar-refractivity contribution in [2.75, 3.05) is 11.8 Å². The number of pyridine rings is 2. The van der Waals surface area contributed by atoms with Crippen LogP contribution in [-0.4, -0.2) is 29.9 Å². The van der Waals surface area contributed by atoms with Crippen molar-refractivity contribution in [3.63, 3.8) is 0 Å². The lowest BCUT2D eigenvalue weighted by Gasteiger charge is -2.13. The van der Waals surface area contributed by atoms with Crippen molar-refractivity contribution in [1.82, 2.24) is 14.4 Å². The summed E-state index contributed by atoms with van der Waals surface area (Å²) in [5.41, 5.74) is 2.27. The van der Waals surface area contributed by atoms with Gasteiger partial charge >= 0.3 is 0 Å². The number of halogens is 1. The molecule has 10 heteroatoms. The molecule has 158 valence electrons. The molecule has 0 bridgehead atoms. The van der Waals surface area contributed by atoms with Crippen LogP contribution in [-0.2, 0) is 10.0 Å². The van der Waals surface area contributed by atoms with E-state index in [9.17, 15) is 13.2 Å². The molecule has 3 aromatic heterocycles. The van der Waals surface area contributed by atoms with Crippen LogP contribution in [0.4, 0.5) is 5.69 Å². The molecule has 8 nitrogen and oxygen atoms in total. The lowest BCUT2D eigenvalue weighted by molar-refractivity contribution is 0.400. The van der Waals surface area contributed by atoms with Crippen LogP contribution < -0.4 is 15.0 Å². The van der Waals surface area contributed by atoms with Gasteiger partial charge in [-0.25, -0.2) is 18.4 Å². The zero-order valence-electron chi connectivity index (χ0n) is 16.5. The quantitative estimate of drug-likeness (QED) is 0.493. The monoisotopic (exact) mass is 456 g/mol. The Kier molecular flexibility index (Phi) is 5.38. The van der Waals surface area contributed by atoms with Gasteiger partial charge in [-0.05, 0) is 37.3 Å². The smallest absolute Gasteiger partial charge is 0.263 e. The number of anilines is 1. The highest BCUT2D eigenvalue weighted by Crippen LogP contribution is 2.31. The Morgan fingerprint density at radius 2 is 1.87 bits per heavy atom. The lowest BCUT2D eigenvalue weighted by Crippen LogP contribution is -2.15.